The highest BCUT2D eigenvalue weighted by Gasteiger charge is 2.30. The van der Waals surface area contributed by atoms with Crippen molar-refractivity contribution in [3.05, 3.63) is 105 Å². The molecule has 184 valence electrons. The molecule has 0 heterocycles. The summed E-state index contributed by atoms with van der Waals surface area (Å²) in [5.74, 6) is 0.641. The maximum atomic E-state index is 13.6. The molecule has 7 heteroatoms. The summed E-state index contributed by atoms with van der Waals surface area (Å²) in [6, 6.07) is 24.7. The lowest BCUT2D eigenvalue weighted by Gasteiger charge is -2.32. The van der Waals surface area contributed by atoms with Gasteiger partial charge in [0.25, 0.3) is 0 Å². The largest absolute Gasteiger partial charge is 0.352 e. The molecule has 1 N–H and O–H groups in total. The average molecular weight is 574 g/mol. The molecule has 3 aromatic rings. The lowest BCUT2D eigenvalue weighted by molar-refractivity contribution is -0.139. The summed E-state index contributed by atoms with van der Waals surface area (Å²) in [7, 11) is 0. The number of rotatable bonds is 11. The third-order valence-electron chi connectivity index (χ3n) is 5.38. The van der Waals surface area contributed by atoms with Crippen LogP contribution in [0.4, 0.5) is 0 Å². The molecule has 0 saturated heterocycles. The third-order valence-corrected chi connectivity index (χ3v) is 7.21. The van der Waals surface area contributed by atoms with Crippen molar-refractivity contribution in [2.45, 2.75) is 44.6 Å². The highest BCUT2D eigenvalue weighted by Crippen LogP contribution is 2.23. The van der Waals surface area contributed by atoms with Gasteiger partial charge in [0.05, 0.1) is 5.75 Å². The highest BCUT2D eigenvalue weighted by atomic mass is 79.9. The number of halogens is 2. The second kappa shape index (κ2) is 13.7. The standard InChI is InChI=1S/C28H30BrClN2O2S/c1-20(2)31-28(34)26(16-21-9-4-3-5-10-21)32(17-22-11-8-13-24(29)15-22)27(33)19-35-18-23-12-6-7-14-25(23)30/h3-15,20,26H,16-19H2,1-2H3,(H,31,34). The van der Waals surface area contributed by atoms with Crippen LogP contribution in [0, 0.1) is 0 Å². The van der Waals surface area contributed by atoms with E-state index in [9.17, 15) is 9.59 Å². The molecule has 0 aliphatic rings. The molecule has 0 radical (unpaired) electrons. The van der Waals surface area contributed by atoms with Crippen LogP contribution in [0.15, 0.2) is 83.3 Å². The molecule has 0 aliphatic carbocycles. The van der Waals surface area contributed by atoms with Crippen LogP contribution in [0.3, 0.4) is 0 Å². The predicted octanol–water partition coefficient (Wildman–Crippen LogP) is 6.50. The Bertz CT molecular complexity index is 1130. The average Bonchev–Trinajstić information content (AvgIpc) is 2.82. The minimum atomic E-state index is -0.632. The van der Waals surface area contributed by atoms with E-state index in [1.165, 1.54) is 11.8 Å². The summed E-state index contributed by atoms with van der Waals surface area (Å²) >= 11 is 11.3. The van der Waals surface area contributed by atoms with Crippen LogP contribution in [0.5, 0.6) is 0 Å². The van der Waals surface area contributed by atoms with Crippen LogP contribution >= 0.6 is 39.3 Å². The molecule has 0 fully saturated rings. The van der Waals surface area contributed by atoms with Gasteiger partial charge in [0.1, 0.15) is 6.04 Å². The van der Waals surface area contributed by atoms with Gasteiger partial charge in [0.15, 0.2) is 0 Å². The van der Waals surface area contributed by atoms with Crippen LogP contribution in [-0.2, 0) is 28.3 Å². The fourth-order valence-electron chi connectivity index (χ4n) is 3.71. The number of hydrogen-bond acceptors (Lipinski definition) is 3. The Labute approximate surface area is 225 Å². The van der Waals surface area contributed by atoms with Crippen molar-refractivity contribution in [1.82, 2.24) is 10.2 Å². The number of nitrogens with zero attached hydrogens (tertiary/aromatic N) is 1. The molecule has 4 nitrogen and oxygen atoms in total. The zero-order chi connectivity index (χ0) is 25.2. The Kier molecular flexibility index (Phi) is 10.7. The van der Waals surface area contributed by atoms with E-state index in [0.29, 0.717) is 23.7 Å². The van der Waals surface area contributed by atoms with E-state index in [1.807, 2.05) is 92.7 Å². The molecule has 0 aromatic heterocycles. The molecular weight excluding hydrogens is 544 g/mol. The van der Waals surface area contributed by atoms with Crippen LogP contribution < -0.4 is 5.32 Å². The summed E-state index contributed by atoms with van der Waals surface area (Å²) in [6.07, 6.45) is 0.439. The smallest absolute Gasteiger partial charge is 0.243 e. The Hall–Kier alpha value is -2.28. The molecule has 0 aliphatic heterocycles. The predicted molar refractivity (Wildman–Crippen MR) is 150 cm³/mol. The quantitative estimate of drug-likeness (QED) is 0.285. The molecule has 1 atom stereocenters. The van der Waals surface area contributed by atoms with Gasteiger partial charge >= 0.3 is 0 Å². The summed E-state index contributed by atoms with van der Waals surface area (Å²) in [5, 5.41) is 3.71. The zero-order valence-electron chi connectivity index (χ0n) is 19.9. The first-order valence-corrected chi connectivity index (χ1v) is 13.9. The fourth-order valence-corrected chi connectivity index (χ4v) is 5.36. The fraction of sp³-hybridized carbons (Fsp3) is 0.286. The van der Waals surface area contributed by atoms with Crippen molar-refractivity contribution in [1.29, 1.82) is 0 Å². The van der Waals surface area contributed by atoms with E-state index >= 15 is 0 Å². The minimum absolute atomic E-state index is 0.0295. The Morgan fingerprint density at radius 3 is 2.34 bits per heavy atom. The molecule has 1 unspecified atom stereocenters. The summed E-state index contributed by atoms with van der Waals surface area (Å²) in [4.78, 5) is 28.7. The number of carbonyl (C=O) groups is 2. The van der Waals surface area contributed by atoms with Gasteiger partial charge in [-0.3, -0.25) is 9.59 Å². The number of hydrogen-bond donors (Lipinski definition) is 1. The van der Waals surface area contributed by atoms with Gasteiger partial charge in [-0.05, 0) is 48.7 Å². The van der Waals surface area contributed by atoms with E-state index in [0.717, 1.165) is 21.2 Å². The van der Waals surface area contributed by atoms with Crippen molar-refractivity contribution in [2.24, 2.45) is 0 Å². The molecule has 35 heavy (non-hydrogen) atoms. The minimum Gasteiger partial charge on any atom is -0.352 e. The van der Waals surface area contributed by atoms with Gasteiger partial charge in [-0.25, -0.2) is 0 Å². The van der Waals surface area contributed by atoms with E-state index in [1.54, 1.807) is 4.90 Å². The van der Waals surface area contributed by atoms with Crippen molar-refractivity contribution in [2.75, 3.05) is 5.75 Å². The maximum Gasteiger partial charge on any atom is 0.243 e. The molecule has 3 aromatic carbocycles. The van der Waals surface area contributed by atoms with Crippen LogP contribution in [-0.4, -0.2) is 34.6 Å². The topological polar surface area (TPSA) is 49.4 Å². The van der Waals surface area contributed by atoms with Gasteiger partial charge in [0, 0.05) is 34.3 Å². The van der Waals surface area contributed by atoms with E-state index in [2.05, 4.69) is 21.2 Å². The molecule has 2 amide bonds. The van der Waals surface area contributed by atoms with Crippen molar-refractivity contribution in [3.63, 3.8) is 0 Å². The summed E-state index contributed by atoms with van der Waals surface area (Å²) < 4.78 is 0.932. The second-order valence-electron chi connectivity index (χ2n) is 8.60. The lowest BCUT2D eigenvalue weighted by atomic mass is 10.0. The normalized spacial score (nSPS) is 11.8. The summed E-state index contributed by atoms with van der Waals surface area (Å²) in [6.45, 7) is 4.20. The van der Waals surface area contributed by atoms with Crippen molar-refractivity contribution in [3.8, 4) is 0 Å². The van der Waals surface area contributed by atoms with Gasteiger partial charge in [-0.1, -0.05) is 88.2 Å². The van der Waals surface area contributed by atoms with Gasteiger partial charge in [0.2, 0.25) is 11.8 Å². The summed E-state index contributed by atoms with van der Waals surface area (Å²) in [5.41, 5.74) is 2.95. The molecule has 0 saturated carbocycles. The van der Waals surface area contributed by atoms with E-state index in [-0.39, 0.29) is 23.6 Å². The molecule has 0 spiro atoms. The first kappa shape index (κ1) is 27.3. The highest BCUT2D eigenvalue weighted by molar-refractivity contribution is 9.10. The molecular formula is C28H30BrClN2O2S. The second-order valence-corrected chi connectivity index (χ2v) is 10.9. The number of benzene rings is 3. The first-order chi connectivity index (χ1) is 16.8. The van der Waals surface area contributed by atoms with Gasteiger partial charge in [-0.15, -0.1) is 11.8 Å². The monoisotopic (exact) mass is 572 g/mol. The Balaban J connectivity index is 1.85. The number of carbonyl (C=O) groups excluding carboxylic acids is 2. The van der Waals surface area contributed by atoms with Gasteiger partial charge < -0.3 is 10.2 Å². The number of amides is 2. The van der Waals surface area contributed by atoms with Crippen LogP contribution in [0.2, 0.25) is 5.02 Å². The van der Waals surface area contributed by atoms with Crippen molar-refractivity contribution >= 4 is 51.1 Å². The van der Waals surface area contributed by atoms with Crippen molar-refractivity contribution < 1.29 is 9.59 Å². The zero-order valence-corrected chi connectivity index (χ0v) is 23.1. The Morgan fingerprint density at radius 1 is 0.971 bits per heavy atom. The first-order valence-electron chi connectivity index (χ1n) is 11.5. The SMILES string of the molecule is CC(C)NC(=O)C(Cc1ccccc1)N(Cc1cccc(Br)c1)C(=O)CSCc1ccccc1Cl. The van der Waals surface area contributed by atoms with E-state index < -0.39 is 6.04 Å². The number of thioether (sulfide) groups is 1. The molecule has 0 bridgehead atoms. The maximum absolute atomic E-state index is 13.6. The lowest BCUT2D eigenvalue weighted by Crippen LogP contribution is -2.52. The third kappa shape index (κ3) is 8.71. The van der Waals surface area contributed by atoms with Crippen LogP contribution in [0.25, 0.3) is 0 Å². The van der Waals surface area contributed by atoms with Gasteiger partial charge in [-0.2, -0.15) is 0 Å². The Morgan fingerprint density at radius 2 is 1.66 bits per heavy atom. The van der Waals surface area contributed by atoms with E-state index in [4.69, 9.17) is 11.6 Å². The van der Waals surface area contributed by atoms with Crippen LogP contribution in [0.1, 0.15) is 30.5 Å². The molecule has 3 rings (SSSR count). The number of nitrogens with one attached hydrogen (secondary N) is 1.